The molecule has 2 amide bonds. The van der Waals surface area contributed by atoms with Gasteiger partial charge >= 0.3 is 12.1 Å². The highest BCUT2D eigenvalue weighted by Crippen LogP contribution is 2.48. The average Bonchev–Trinajstić information content (AvgIpc) is 3.34. The predicted molar refractivity (Wildman–Crippen MR) is 220 cm³/mol. The summed E-state index contributed by atoms with van der Waals surface area (Å²) in [5.74, 6) is -1.59. The fourth-order valence-electron chi connectivity index (χ4n) is 10.3. The normalized spacial score (nSPS) is 30.7. The zero-order valence-electron chi connectivity index (χ0n) is 34.2. The maximum absolute atomic E-state index is 14.1. The molecule has 2 aromatic rings. The number of morpholine rings is 1. The Morgan fingerprint density at radius 1 is 1.02 bits per heavy atom. The molecule has 4 heterocycles. The molecule has 8 rings (SSSR count). The van der Waals surface area contributed by atoms with Gasteiger partial charge in [-0.15, -0.1) is 0 Å². The summed E-state index contributed by atoms with van der Waals surface area (Å²) in [7, 11) is -3.93. The third-order valence-electron chi connectivity index (χ3n) is 14.1. The molecule has 0 unspecified atom stereocenters. The molecule has 2 N–H and O–H groups in total. The SMILES string of the molecule is C[C@@H]1[C@@H](C)CCC[C@@H](CC(=O)N2CCN3CCOC[C@H]3C2)[C@@H]2CC[C@H]2CN2C[C@@]3(CCCc4cc(Cl)ccc43)COc3ccc(cc32)C(=O)NS1(=O)=O.O=C(O)C(F)(F)F. The van der Waals surface area contributed by atoms with Crippen LogP contribution in [0.3, 0.4) is 0 Å². The molecule has 3 fully saturated rings. The summed E-state index contributed by atoms with van der Waals surface area (Å²) in [4.78, 5) is 43.6. The van der Waals surface area contributed by atoms with Crippen LogP contribution < -0.4 is 14.4 Å². The third-order valence-corrected chi connectivity index (χ3v) is 16.2. The monoisotopic (exact) mass is 880 g/mol. The zero-order chi connectivity index (χ0) is 43.0. The number of carbonyl (C=O) groups excluding carboxylic acids is 2. The number of nitrogens with one attached hydrogen (secondary N) is 1. The van der Waals surface area contributed by atoms with E-state index in [-0.39, 0.29) is 29.2 Å². The first-order valence-electron chi connectivity index (χ1n) is 21.2. The van der Waals surface area contributed by atoms with Crippen LogP contribution >= 0.6 is 11.6 Å². The summed E-state index contributed by atoms with van der Waals surface area (Å²) < 4.78 is 73.7. The van der Waals surface area contributed by atoms with Crippen LogP contribution in [0.4, 0.5) is 18.9 Å². The number of carbonyl (C=O) groups is 3. The Hall–Kier alpha value is -3.60. The van der Waals surface area contributed by atoms with E-state index in [1.165, 1.54) is 11.1 Å². The summed E-state index contributed by atoms with van der Waals surface area (Å²) in [5.41, 5.74) is 3.40. The van der Waals surface area contributed by atoms with Crippen LogP contribution in [0.2, 0.25) is 5.02 Å². The summed E-state index contributed by atoms with van der Waals surface area (Å²) in [5, 5.41) is 7.12. The van der Waals surface area contributed by atoms with Crippen LogP contribution in [0.1, 0.15) is 86.7 Å². The number of sulfonamides is 1. The van der Waals surface area contributed by atoms with E-state index >= 15 is 0 Å². The van der Waals surface area contributed by atoms with E-state index < -0.39 is 33.3 Å². The fourth-order valence-corrected chi connectivity index (χ4v) is 11.8. The number of alkyl halides is 3. The number of nitrogens with zero attached hydrogens (tertiary/aromatic N) is 3. The van der Waals surface area contributed by atoms with Crippen molar-refractivity contribution in [1.29, 1.82) is 0 Å². The van der Waals surface area contributed by atoms with Crippen molar-refractivity contribution in [3.05, 3.63) is 58.1 Å². The highest BCUT2D eigenvalue weighted by atomic mass is 35.5. The Morgan fingerprint density at radius 2 is 1.80 bits per heavy atom. The highest BCUT2D eigenvalue weighted by Gasteiger charge is 2.45. The predicted octanol–water partition coefficient (Wildman–Crippen LogP) is 6.29. The molecule has 0 aromatic heterocycles. The van der Waals surface area contributed by atoms with Crippen LogP contribution in [0.15, 0.2) is 36.4 Å². The molecule has 4 aliphatic heterocycles. The summed E-state index contributed by atoms with van der Waals surface area (Å²) in [6, 6.07) is 11.9. The number of fused-ring (bicyclic) bond motifs is 5. The number of hydrogen-bond donors (Lipinski definition) is 2. The number of halogens is 4. The minimum atomic E-state index is -5.08. The number of ether oxygens (including phenoxy) is 2. The number of aryl methyl sites for hydroxylation is 1. The van der Waals surface area contributed by atoms with Crippen molar-refractivity contribution in [1.82, 2.24) is 14.5 Å². The van der Waals surface area contributed by atoms with Gasteiger partial charge in [-0.25, -0.2) is 17.9 Å². The van der Waals surface area contributed by atoms with Crippen LogP contribution in [0.25, 0.3) is 0 Å². The minimum Gasteiger partial charge on any atom is -0.490 e. The van der Waals surface area contributed by atoms with Crippen molar-refractivity contribution in [3.63, 3.8) is 0 Å². The number of amides is 2. The Kier molecular flexibility index (Phi) is 13.3. The molecule has 330 valence electrons. The molecule has 1 saturated carbocycles. The molecule has 7 atom stereocenters. The molecule has 1 spiro atoms. The molecule has 0 radical (unpaired) electrons. The van der Waals surface area contributed by atoms with E-state index in [0.717, 1.165) is 95.0 Å². The van der Waals surface area contributed by atoms with Crippen LogP contribution in [-0.4, -0.2) is 118 Å². The van der Waals surface area contributed by atoms with Crippen molar-refractivity contribution < 1.29 is 50.6 Å². The zero-order valence-corrected chi connectivity index (χ0v) is 35.8. The van der Waals surface area contributed by atoms with E-state index in [1.54, 1.807) is 13.0 Å². The number of carboxylic acids is 1. The molecule has 2 aromatic carbocycles. The lowest BCUT2D eigenvalue weighted by atomic mass is 9.64. The lowest BCUT2D eigenvalue weighted by Gasteiger charge is -2.47. The standard InChI is InChI=1S/C41H55ClN4O6S.C2HF3O2/c1-27-5-3-6-29(21-39(47)45-16-15-44-17-18-51-24-34(44)23-45)35-11-8-32(35)22-46-25-41(14-4-7-30-19-33(42)10-12-36(30)41)26-52-38-13-9-31(20-37(38)46)40(48)43-53(49,50)28(27)2;3-2(4,5)1(6)7/h9-10,12-13,19-20,27-29,32,34-35H,3-8,11,14-18,21-26H2,1-2H3,(H,43,48);(H,6,7)/t27-,28+,29-,32-,34+,35-,41-;/m0./s1. The van der Waals surface area contributed by atoms with Gasteiger partial charge in [0.25, 0.3) is 5.91 Å². The first-order valence-corrected chi connectivity index (χ1v) is 23.1. The summed E-state index contributed by atoms with van der Waals surface area (Å²) in [6.07, 6.45) is 3.01. The van der Waals surface area contributed by atoms with Gasteiger partial charge in [0.05, 0.1) is 36.8 Å². The van der Waals surface area contributed by atoms with Crippen molar-refractivity contribution in [2.24, 2.45) is 23.7 Å². The Labute approximate surface area is 355 Å². The number of anilines is 1. The van der Waals surface area contributed by atoms with E-state index in [0.29, 0.717) is 55.7 Å². The van der Waals surface area contributed by atoms with Gasteiger partial charge in [-0.1, -0.05) is 31.0 Å². The highest BCUT2D eigenvalue weighted by molar-refractivity contribution is 7.90. The number of benzene rings is 2. The van der Waals surface area contributed by atoms with Gasteiger partial charge in [-0.2, -0.15) is 13.2 Å². The first-order chi connectivity index (χ1) is 28.4. The lowest BCUT2D eigenvalue weighted by molar-refractivity contribution is -0.192. The number of carboxylic acid groups (broad SMARTS) is 1. The Bertz CT molecular complexity index is 2040. The smallest absolute Gasteiger partial charge is 0.490 e. The van der Waals surface area contributed by atoms with Gasteiger partial charge in [0.1, 0.15) is 5.75 Å². The molecular weight excluding hydrogens is 825 g/mol. The van der Waals surface area contributed by atoms with Gasteiger partial charge in [0, 0.05) is 61.7 Å². The van der Waals surface area contributed by atoms with Crippen LogP contribution in [-0.2, 0) is 36.2 Å². The molecule has 60 heavy (non-hydrogen) atoms. The number of piperazine rings is 1. The van der Waals surface area contributed by atoms with Crippen LogP contribution in [0.5, 0.6) is 5.75 Å². The minimum absolute atomic E-state index is 0.151. The van der Waals surface area contributed by atoms with Gasteiger partial charge in [-0.05, 0) is 117 Å². The number of hydrogen-bond acceptors (Lipinski definition) is 9. The molecular formula is C43H56ClF3N4O8S. The van der Waals surface area contributed by atoms with E-state index in [4.69, 9.17) is 31.0 Å². The van der Waals surface area contributed by atoms with Gasteiger partial charge in [0.2, 0.25) is 15.9 Å². The van der Waals surface area contributed by atoms with Crippen molar-refractivity contribution in [2.45, 2.75) is 94.5 Å². The number of rotatable bonds is 2. The molecule has 6 aliphatic rings. The first kappa shape index (κ1) is 44.5. The summed E-state index contributed by atoms with van der Waals surface area (Å²) >= 11 is 6.49. The summed E-state index contributed by atoms with van der Waals surface area (Å²) in [6.45, 7) is 10.4. The molecule has 2 aliphatic carbocycles. The van der Waals surface area contributed by atoms with Gasteiger partial charge in [0.15, 0.2) is 0 Å². The Morgan fingerprint density at radius 3 is 2.53 bits per heavy atom. The topological polar surface area (TPSA) is 146 Å². The molecule has 17 heteroatoms. The Balaban J connectivity index is 0.000000716. The third kappa shape index (κ3) is 9.71. The second kappa shape index (κ2) is 18.0. The molecule has 2 saturated heterocycles. The lowest BCUT2D eigenvalue weighted by Crippen LogP contribution is -2.59. The van der Waals surface area contributed by atoms with Crippen LogP contribution in [0, 0.1) is 23.7 Å². The van der Waals surface area contributed by atoms with Crippen molar-refractivity contribution in [2.75, 3.05) is 64.0 Å². The second-order valence-electron chi connectivity index (χ2n) is 17.7. The number of aliphatic carboxylic acids is 1. The second-order valence-corrected chi connectivity index (χ2v) is 20.2. The van der Waals surface area contributed by atoms with Gasteiger partial charge < -0.3 is 24.4 Å². The largest absolute Gasteiger partial charge is 0.490 e. The van der Waals surface area contributed by atoms with E-state index in [2.05, 4.69) is 31.6 Å². The maximum Gasteiger partial charge on any atom is 0.490 e. The van der Waals surface area contributed by atoms with E-state index in [9.17, 15) is 31.2 Å². The quantitative estimate of drug-likeness (QED) is 0.353. The average molecular weight is 881 g/mol. The molecule has 2 bridgehead atoms. The van der Waals surface area contributed by atoms with Crippen molar-refractivity contribution >= 4 is 45.1 Å². The van der Waals surface area contributed by atoms with Gasteiger partial charge in [-0.3, -0.25) is 14.5 Å². The van der Waals surface area contributed by atoms with E-state index in [1.807, 2.05) is 25.1 Å². The molecule has 12 nitrogen and oxygen atoms in total. The fraction of sp³-hybridized carbons (Fsp3) is 0.651. The van der Waals surface area contributed by atoms with Crippen molar-refractivity contribution in [3.8, 4) is 5.75 Å². The maximum atomic E-state index is 14.1.